The first-order valence-electron chi connectivity index (χ1n) is 6.22. The molecule has 1 aromatic heterocycles. The van der Waals surface area contributed by atoms with Gasteiger partial charge in [0.05, 0.1) is 18.4 Å². The number of phenolic OH excluding ortho intramolecular Hbond substituents is 1. The summed E-state index contributed by atoms with van der Waals surface area (Å²) in [6, 6.07) is 4.83. The Labute approximate surface area is 125 Å². The van der Waals surface area contributed by atoms with Crippen LogP contribution in [0.5, 0.6) is 11.5 Å². The smallest absolute Gasteiger partial charge is 0.313 e. The van der Waals surface area contributed by atoms with Crippen LogP contribution in [0.15, 0.2) is 23.4 Å². The molecule has 2 aromatic rings. The number of aromatic hydroxyl groups is 1. The van der Waals surface area contributed by atoms with Crippen LogP contribution in [0.4, 0.5) is 0 Å². The Morgan fingerprint density at radius 2 is 2.19 bits per heavy atom. The van der Waals surface area contributed by atoms with Gasteiger partial charge >= 0.3 is 5.97 Å². The van der Waals surface area contributed by atoms with Gasteiger partial charge < -0.3 is 19.5 Å². The summed E-state index contributed by atoms with van der Waals surface area (Å²) in [5, 5.41) is 27.3. The van der Waals surface area contributed by atoms with E-state index in [-0.39, 0.29) is 11.5 Å². The van der Waals surface area contributed by atoms with Gasteiger partial charge in [-0.1, -0.05) is 11.8 Å². The lowest BCUT2D eigenvalue weighted by molar-refractivity contribution is -0.133. The fourth-order valence-corrected chi connectivity index (χ4v) is 2.55. The lowest BCUT2D eigenvalue weighted by Crippen LogP contribution is -2.03. The van der Waals surface area contributed by atoms with Gasteiger partial charge in [-0.25, -0.2) is 0 Å². The molecule has 0 aliphatic carbocycles. The zero-order valence-corrected chi connectivity index (χ0v) is 12.4. The Balaban J connectivity index is 2.42. The van der Waals surface area contributed by atoms with E-state index in [0.717, 1.165) is 11.8 Å². The second-order valence-corrected chi connectivity index (χ2v) is 5.06. The fourth-order valence-electron chi connectivity index (χ4n) is 1.83. The number of methoxy groups -OCH3 is 1. The SMILES string of the molecule is CCn1c(SCC(=O)O)nnc1-c1cc(OC)ccc1O. The number of carboxylic acids is 1. The highest BCUT2D eigenvalue weighted by atomic mass is 32.2. The molecule has 0 saturated heterocycles. The van der Waals surface area contributed by atoms with Crippen molar-refractivity contribution in [1.29, 1.82) is 0 Å². The van der Waals surface area contributed by atoms with Crippen LogP contribution in [0, 0.1) is 0 Å². The molecule has 0 unspecified atom stereocenters. The van der Waals surface area contributed by atoms with E-state index >= 15 is 0 Å². The predicted molar refractivity (Wildman–Crippen MR) is 77.7 cm³/mol. The zero-order chi connectivity index (χ0) is 15.4. The maximum Gasteiger partial charge on any atom is 0.313 e. The van der Waals surface area contributed by atoms with Crippen LogP contribution in [0.3, 0.4) is 0 Å². The second-order valence-electron chi connectivity index (χ2n) is 4.12. The van der Waals surface area contributed by atoms with Crippen molar-refractivity contribution in [2.75, 3.05) is 12.9 Å². The topological polar surface area (TPSA) is 97.5 Å². The van der Waals surface area contributed by atoms with Gasteiger partial charge in [-0.2, -0.15) is 0 Å². The third-order valence-corrected chi connectivity index (χ3v) is 3.75. The molecule has 0 bridgehead atoms. The molecule has 112 valence electrons. The minimum absolute atomic E-state index is 0.0627. The summed E-state index contributed by atoms with van der Waals surface area (Å²) < 4.78 is 6.89. The first-order chi connectivity index (χ1) is 10.1. The van der Waals surface area contributed by atoms with Crippen LogP contribution < -0.4 is 4.74 Å². The van der Waals surface area contributed by atoms with Gasteiger partial charge in [-0.3, -0.25) is 4.79 Å². The highest BCUT2D eigenvalue weighted by Gasteiger charge is 2.17. The molecule has 0 spiro atoms. The van der Waals surface area contributed by atoms with Gasteiger partial charge in [0.15, 0.2) is 11.0 Å². The van der Waals surface area contributed by atoms with E-state index in [1.54, 1.807) is 16.7 Å². The molecule has 0 fully saturated rings. The number of hydrogen-bond acceptors (Lipinski definition) is 6. The number of carbonyl (C=O) groups is 1. The van der Waals surface area contributed by atoms with Crippen LogP contribution in [0.1, 0.15) is 6.92 Å². The highest BCUT2D eigenvalue weighted by molar-refractivity contribution is 7.99. The Kier molecular flexibility index (Phi) is 4.69. The average molecular weight is 309 g/mol. The summed E-state index contributed by atoms with van der Waals surface area (Å²) in [6.07, 6.45) is 0. The van der Waals surface area contributed by atoms with E-state index < -0.39 is 5.97 Å². The van der Waals surface area contributed by atoms with E-state index in [9.17, 15) is 9.90 Å². The quantitative estimate of drug-likeness (QED) is 0.786. The number of aliphatic carboxylic acids is 1. The van der Waals surface area contributed by atoms with Crippen LogP contribution in [-0.4, -0.2) is 43.8 Å². The van der Waals surface area contributed by atoms with Crippen LogP contribution in [0.2, 0.25) is 0 Å². The van der Waals surface area contributed by atoms with E-state index in [2.05, 4.69) is 10.2 Å². The van der Waals surface area contributed by atoms with Gasteiger partial charge in [0.1, 0.15) is 11.5 Å². The van der Waals surface area contributed by atoms with Crippen molar-refractivity contribution in [3.05, 3.63) is 18.2 Å². The first-order valence-corrected chi connectivity index (χ1v) is 7.20. The monoisotopic (exact) mass is 309 g/mol. The van der Waals surface area contributed by atoms with Crippen molar-refractivity contribution >= 4 is 17.7 Å². The van der Waals surface area contributed by atoms with E-state index in [4.69, 9.17) is 9.84 Å². The molecule has 1 heterocycles. The van der Waals surface area contributed by atoms with Crippen molar-refractivity contribution in [2.45, 2.75) is 18.6 Å². The number of carboxylic acid groups (broad SMARTS) is 1. The van der Waals surface area contributed by atoms with Crippen LogP contribution in [0.25, 0.3) is 11.4 Å². The predicted octanol–water partition coefficient (Wildman–Crippen LogP) is 1.86. The first kappa shape index (κ1) is 15.2. The third-order valence-electron chi connectivity index (χ3n) is 2.80. The molecule has 0 aliphatic rings. The van der Waals surface area contributed by atoms with E-state index in [0.29, 0.717) is 28.8 Å². The largest absolute Gasteiger partial charge is 0.507 e. The number of thioether (sulfide) groups is 1. The highest BCUT2D eigenvalue weighted by Crippen LogP contribution is 2.33. The van der Waals surface area contributed by atoms with E-state index in [1.165, 1.54) is 13.2 Å². The summed E-state index contributed by atoms with van der Waals surface area (Å²) in [6.45, 7) is 2.45. The van der Waals surface area contributed by atoms with Crippen LogP contribution >= 0.6 is 11.8 Å². The molecule has 0 radical (unpaired) electrons. The van der Waals surface area contributed by atoms with E-state index in [1.807, 2.05) is 6.92 Å². The number of hydrogen-bond donors (Lipinski definition) is 2. The molecule has 21 heavy (non-hydrogen) atoms. The maximum absolute atomic E-state index is 10.7. The Morgan fingerprint density at radius 3 is 2.81 bits per heavy atom. The van der Waals surface area contributed by atoms with Crippen molar-refractivity contribution in [3.8, 4) is 22.9 Å². The molecule has 2 N–H and O–H groups in total. The van der Waals surface area contributed by atoms with Crippen molar-refractivity contribution in [3.63, 3.8) is 0 Å². The van der Waals surface area contributed by atoms with Gasteiger partial charge in [0.2, 0.25) is 0 Å². The normalized spacial score (nSPS) is 10.6. The van der Waals surface area contributed by atoms with Gasteiger partial charge in [-0.15, -0.1) is 10.2 Å². The molecular weight excluding hydrogens is 294 g/mol. The van der Waals surface area contributed by atoms with Crippen molar-refractivity contribution in [1.82, 2.24) is 14.8 Å². The molecular formula is C13H15N3O4S. The number of rotatable bonds is 6. The molecule has 2 rings (SSSR count). The molecule has 8 heteroatoms. The number of benzene rings is 1. The number of nitrogens with zero attached hydrogens (tertiary/aromatic N) is 3. The summed E-state index contributed by atoms with van der Waals surface area (Å²) in [4.78, 5) is 10.7. The number of phenols is 1. The average Bonchev–Trinajstić information content (AvgIpc) is 2.88. The molecule has 7 nitrogen and oxygen atoms in total. The number of aromatic nitrogens is 3. The lowest BCUT2D eigenvalue weighted by atomic mass is 10.1. The standard InChI is InChI=1S/C13H15N3O4S/c1-3-16-12(14-15-13(16)21-7-11(18)19)9-6-8(20-2)4-5-10(9)17/h4-6,17H,3,7H2,1-2H3,(H,18,19). The zero-order valence-electron chi connectivity index (χ0n) is 11.6. The third kappa shape index (κ3) is 3.27. The summed E-state index contributed by atoms with van der Waals surface area (Å²) in [5.74, 6) is 0.112. The Bertz CT molecular complexity index is 657. The molecule has 1 aromatic carbocycles. The fraction of sp³-hybridized carbons (Fsp3) is 0.308. The van der Waals surface area contributed by atoms with Crippen LogP contribution in [-0.2, 0) is 11.3 Å². The summed E-state index contributed by atoms with van der Waals surface area (Å²) >= 11 is 1.09. The van der Waals surface area contributed by atoms with Gasteiger partial charge in [0.25, 0.3) is 0 Å². The Morgan fingerprint density at radius 1 is 1.43 bits per heavy atom. The minimum Gasteiger partial charge on any atom is -0.507 e. The minimum atomic E-state index is -0.920. The maximum atomic E-state index is 10.7. The van der Waals surface area contributed by atoms with Gasteiger partial charge in [0, 0.05) is 6.54 Å². The van der Waals surface area contributed by atoms with Gasteiger partial charge in [-0.05, 0) is 25.1 Å². The second kappa shape index (κ2) is 6.49. The van der Waals surface area contributed by atoms with Crippen molar-refractivity contribution in [2.24, 2.45) is 0 Å². The molecule has 0 amide bonds. The van der Waals surface area contributed by atoms with Crippen molar-refractivity contribution < 1.29 is 19.7 Å². The Hall–Kier alpha value is -2.22. The molecule has 0 saturated carbocycles. The molecule has 0 aliphatic heterocycles. The molecule has 0 atom stereocenters. The summed E-state index contributed by atoms with van der Waals surface area (Å²) in [7, 11) is 1.54. The number of ether oxygens (including phenoxy) is 1. The summed E-state index contributed by atoms with van der Waals surface area (Å²) in [5.41, 5.74) is 0.492. The lowest BCUT2D eigenvalue weighted by Gasteiger charge is -2.09.